The molecule has 2 saturated carbocycles. The number of benzene rings is 3. The van der Waals surface area contributed by atoms with Gasteiger partial charge >= 0.3 is 11.4 Å². The highest BCUT2D eigenvalue weighted by molar-refractivity contribution is 7.75. The van der Waals surface area contributed by atoms with Crippen LogP contribution in [0.15, 0.2) is 72.8 Å². The summed E-state index contributed by atoms with van der Waals surface area (Å²) in [5, 5.41) is 10.7. The standard InChI is InChI=1S/C18H19ClO3S.C11H13ClO/c1-13-2-10-17(11-3-13)22-23(20)21-12-18(14-4-5-14)15-6-8-16(19)9-7-15;12-10-5-3-9(4-6-10)11(7-13)8-1-2-8/h2-3,6-11,14,18H,4-5,12H2,1H3;3-6,8,11,13H,1-2,7H2/t18-,23?;11-/m11/s1. The quantitative estimate of drug-likeness (QED) is 0.283. The second-order valence-electron chi connectivity index (χ2n) is 9.56. The Hall–Kier alpha value is -1.89. The maximum atomic E-state index is 12.0. The average molecular weight is 548 g/mol. The van der Waals surface area contributed by atoms with Crippen LogP contribution in [-0.2, 0) is 15.5 Å². The van der Waals surface area contributed by atoms with Gasteiger partial charge in [0.2, 0.25) is 0 Å². The second-order valence-corrected chi connectivity index (χ2v) is 11.2. The van der Waals surface area contributed by atoms with Crippen molar-refractivity contribution in [3.63, 3.8) is 0 Å². The van der Waals surface area contributed by atoms with Gasteiger partial charge in [0.25, 0.3) is 0 Å². The minimum Gasteiger partial charge on any atom is -0.396 e. The van der Waals surface area contributed by atoms with Crippen LogP contribution >= 0.6 is 23.2 Å². The highest BCUT2D eigenvalue weighted by atomic mass is 35.5. The summed E-state index contributed by atoms with van der Waals surface area (Å²) in [5.41, 5.74) is 3.51. The monoisotopic (exact) mass is 546 g/mol. The summed E-state index contributed by atoms with van der Waals surface area (Å²) < 4.78 is 22.7. The lowest BCUT2D eigenvalue weighted by atomic mass is 9.95. The average Bonchev–Trinajstić information content (AvgIpc) is 3.79. The van der Waals surface area contributed by atoms with Gasteiger partial charge in [-0.1, -0.05) is 65.2 Å². The minimum absolute atomic E-state index is 0.234. The van der Waals surface area contributed by atoms with Crippen molar-refractivity contribution in [3.05, 3.63) is 99.5 Å². The molecule has 0 spiro atoms. The van der Waals surface area contributed by atoms with Crippen molar-refractivity contribution in [2.75, 3.05) is 13.2 Å². The molecule has 3 aromatic carbocycles. The second kappa shape index (κ2) is 13.1. The van der Waals surface area contributed by atoms with Gasteiger partial charge in [0.15, 0.2) is 0 Å². The van der Waals surface area contributed by atoms with E-state index in [-0.39, 0.29) is 12.5 Å². The van der Waals surface area contributed by atoms with E-state index in [0.717, 1.165) is 15.6 Å². The molecule has 3 atom stereocenters. The van der Waals surface area contributed by atoms with E-state index in [2.05, 4.69) is 0 Å². The number of hydrogen-bond acceptors (Lipinski definition) is 4. The van der Waals surface area contributed by atoms with E-state index in [1.165, 1.54) is 36.8 Å². The first-order valence-corrected chi connectivity index (χ1v) is 14.1. The SMILES string of the molecule is Cc1ccc(OS(=O)OC[C@@H](c2ccc(Cl)cc2)C2CC2)cc1.OC[C@@H](c1ccc(Cl)cc1)C1CC1. The van der Waals surface area contributed by atoms with E-state index in [9.17, 15) is 9.32 Å². The molecule has 3 aromatic rings. The molecule has 0 amide bonds. The Morgan fingerprint density at radius 1 is 0.806 bits per heavy atom. The first-order valence-electron chi connectivity index (χ1n) is 12.3. The zero-order valence-electron chi connectivity index (χ0n) is 20.3. The fraction of sp³-hybridized carbons (Fsp3) is 0.379. The Kier molecular flexibility index (Phi) is 9.86. The number of aliphatic hydroxyl groups excluding tert-OH is 1. The molecule has 2 aliphatic carbocycles. The first kappa shape index (κ1) is 27.2. The summed E-state index contributed by atoms with van der Waals surface area (Å²) in [5.74, 6) is 2.40. The molecule has 36 heavy (non-hydrogen) atoms. The molecular weight excluding hydrogens is 515 g/mol. The lowest BCUT2D eigenvalue weighted by molar-refractivity contribution is 0.253. The Morgan fingerprint density at radius 2 is 1.28 bits per heavy atom. The summed E-state index contributed by atoms with van der Waals surface area (Å²) in [6.45, 7) is 2.63. The number of hydrogen-bond donors (Lipinski definition) is 1. The summed E-state index contributed by atoms with van der Waals surface area (Å²) in [4.78, 5) is 0. The zero-order chi connectivity index (χ0) is 25.5. The van der Waals surface area contributed by atoms with Crippen LogP contribution in [0.1, 0.15) is 54.2 Å². The van der Waals surface area contributed by atoms with Crippen LogP contribution in [0.3, 0.4) is 0 Å². The van der Waals surface area contributed by atoms with E-state index in [4.69, 9.17) is 31.6 Å². The van der Waals surface area contributed by atoms with Gasteiger partial charge < -0.3 is 9.29 Å². The third-order valence-corrected chi connectivity index (χ3v) is 7.87. The number of rotatable bonds is 10. The van der Waals surface area contributed by atoms with Crippen LogP contribution in [0.5, 0.6) is 5.75 Å². The molecule has 0 heterocycles. The molecular formula is C29H32Cl2O4S. The maximum absolute atomic E-state index is 12.0. The predicted octanol–water partition coefficient (Wildman–Crippen LogP) is 7.64. The summed E-state index contributed by atoms with van der Waals surface area (Å²) in [6.07, 6.45) is 4.88. The van der Waals surface area contributed by atoms with Crippen LogP contribution in [0, 0.1) is 18.8 Å². The van der Waals surface area contributed by atoms with Gasteiger partial charge in [-0.25, -0.2) is 0 Å². The third kappa shape index (κ3) is 8.32. The van der Waals surface area contributed by atoms with Crippen molar-refractivity contribution >= 4 is 34.6 Å². The van der Waals surface area contributed by atoms with Crippen LogP contribution in [-0.4, -0.2) is 22.5 Å². The molecule has 0 aromatic heterocycles. The summed E-state index contributed by atoms with van der Waals surface area (Å²) in [7, 11) is 0. The lowest BCUT2D eigenvalue weighted by Crippen LogP contribution is -2.14. The highest BCUT2D eigenvalue weighted by Crippen LogP contribution is 2.43. The highest BCUT2D eigenvalue weighted by Gasteiger charge is 2.33. The lowest BCUT2D eigenvalue weighted by Gasteiger charge is -2.16. The van der Waals surface area contributed by atoms with Gasteiger partial charge in [-0.15, -0.1) is 0 Å². The molecule has 192 valence electrons. The minimum atomic E-state index is -1.79. The van der Waals surface area contributed by atoms with Gasteiger partial charge in [0.05, 0.1) is 13.2 Å². The van der Waals surface area contributed by atoms with E-state index in [1.807, 2.05) is 67.6 Å². The molecule has 7 heteroatoms. The van der Waals surface area contributed by atoms with Gasteiger partial charge in [-0.05, 0) is 92.0 Å². The Morgan fingerprint density at radius 3 is 1.75 bits per heavy atom. The molecule has 2 fully saturated rings. The first-order chi connectivity index (χ1) is 17.4. The molecule has 1 N–H and O–H groups in total. The van der Waals surface area contributed by atoms with E-state index >= 15 is 0 Å². The predicted molar refractivity (Wildman–Crippen MR) is 147 cm³/mol. The maximum Gasteiger partial charge on any atom is 0.360 e. The van der Waals surface area contributed by atoms with Crippen molar-refractivity contribution in [1.29, 1.82) is 0 Å². The molecule has 5 rings (SSSR count). The van der Waals surface area contributed by atoms with Gasteiger partial charge in [0.1, 0.15) is 5.75 Å². The number of aryl methyl sites for hydroxylation is 1. The van der Waals surface area contributed by atoms with E-state index < -0.39 is 11.4 Å². The zero-order valence-corrected chi connectivity index (χ0v) is 22.6. The normalized spacial score (nSPS) is 17.4. The van der Waals surface area contributed by atoms with Gasteiger partial charge in [-0.3, -0.25) is 4.18 Å². The van der Waals surface area contributed by atoms with Crippen LogP contribution in [0.4, 0.5) is 0 Å². The molecule has 0 bridgehead atoms. The molecule has 0 aliphatic heterocycles. The van der Waals surface area contributed by atoms with Crippen molar-refractivity contribution in [2.45, 2.75) is 44.4 Å². The molecule has 4 nitrogen and oxygen atoms in total. The summed E-state index contributed by atoms with van der Waals surface area (Å²) >= 11 is 9.94. The van der Waals surface area contributed by atoms with Crippen molar-refractivity contribution < 1.29 is 17.7 Å². The molecule has 2 aliphatic rings. The number of aliphatic hydroxyl groups is 1. The van der Waals surface area contributed by atoms with Crippen LogP contribution in [0.25, 0.3) is 0 Å². The van der Waals surface area contributed by atoms with E-state index in [0.29, 0.717) is 30.1 Å². The van der Waals surface area contributed by atoms with Gasteiger partial charge in [-0.2, -0.15) is 4.21 Å². The molecule has 0 radical (unpaired) electrons. The van der Waals surface area contributed by atoms with Gasteiger partial charge in [0, 0.05) is 21.9 Å². The van der Waals surface area contributed by atoms with Crippen LogP contribution in [0.2, 0.25) is 10.0 Å². The summed E-state index contributed by atoms with van der Waals surface area (Å²) in [6, 6.07) is 23.0. The fourth-order valence-corrected chi connectivity index (χ4v) is 5.10. The fourth-order valence-electron chi connectivity index (χ4n) is 4.27. The Bertz CT molecular complexity index is 1110. The molecule has 1 unspecified atom stereocenters. The number of halogens is 2. The smallest absolute Gasteiger partial charge is 0.360 e. The third-order valence-electron chi connectivity index (χ3n) is 6.70. The Balaban J connectivity index is 0.000000197. The van der Waals surface area contributed by atoms with Crippen LogP contribution < -0.4 is 4.18 Å². The van der Waals surface area contributed by atoms with Crippen molar-refractivity contribution in [3.8, 4) is 5.75 Å². The van der Waals surface area contributed by atoms with Crippen molar-refractivity contribution in [1.82, 2.24) is 0 Å². The van der Waals surface area contributed by atoms with E-state index in [1.54, 1.807) is 12.1 Å². The topological polar surface area (TPSA) is 55.8 Å². The Labute approximate surface area is 226 Å². The van der Waals surface area contributed by atoms with Crippen molar-refractivity contribution in [2.24, 2.45) is 11.8 Å². The largest absolute Gasteiger partial charge is 0.396 e. The molecule has 0 saturated heterocycles.